The Morgan fingerprint density at radius 2 is 2.00 bits per heavy atom. The number of benzene rings is 1. The Morgan fingerprint density at radius 3 is 2.84 bits per heavy atom. The fourth-order valence-corrected chi connectivity index (χ4v) is 3.12. The summed E-state index contributed by atoms with van der Waals surface area (Å²) in [5.41, 5.74) is 2.74. The predicted octanol–water partition coefficient (Wildman–Crippen LogP) is 3.83. The average molecular weight is 256 g/mol. The van der Waals surface area contributed by atoms with Crippen molar-refractivity contribution in [2.75, 3.05) is 19.6 Å². The summed E-state index contributed by atoms with van der Waals surface area (Å²) in [6.45, 7) is 6.24. The highest BCUT2D eigenvalue weighted by Crippen LogP contribution is 2.20. The Hall–Kier alpha value is -1.28. The van der Waals surface area contributed by atoms with E-state index < -0.39 is 0 Å². The SMILES string of the molecule is CC1CCN(CCCc2c[nH]c3ccccc23)CC1. The van der Waals surface area contributed by atoms with Crippen LogP contribution in [0.4, 0.5) is 0 Å². The number of rotatable bonds is 4. The molecule has 0 aliphatic carbocycles. The number of aromatic nitrogens is 1. The molecule has 1 aromatic carbocycles. The van der Waals surface area contributed by atoms with E-state index in [1.54, 1.807) is 0 Å². The standard InChI is InChI=1S/C17H24N2/c1-14-8-11-19(12-9-14)10-4-5-15-13-18-17-7-3-2-6-16(15)17/h2-3,6-7,13-14,18H,4-5,8-12H2,1H3. The maximum absolute atomic E-state index is 3.37. The Kier molecular flexibility index (Phi) is 3.88. The average Bonchev–Trinajstić information content (AvgIpc) is 2.85. The summed E-state index contributed by atoms with van der Waals surface area (Å²) < 4.78 is 0. The molecule has 0 radical (unpaired) electrons. The van der Waals surface area contributed by atoms with Gasteiger partial charge in [-0.15, -0.1) is 0 Å². The Bertz CT molecular complexity index is 521. The Balaban J connectivity index is 1.52. The largest absolute Gasteiger partial charge is 0.361 e. The van der Waals surface area contributed by atoms with Crippen LogP contribution in [0.1, 0.15) is 31.7 Å². The highest BCUT2D eigenvalue weighted by molar-refractivity contribution is 5.82. The topological polar surface area (TPSA) is 19.0 Å². The van der Waals surface area contributed by atoms with Gasteiger partial charge >= 0.3 is 0 Å². The zero-order valence-corrected chi connectivity index (χ0v) is 11.9. The van der Waals surface area contributed by atoms with Gasteiger partial charge < -0.3 is 9.88 Å². The van der Waals surface area contributed by atoms with E-state index >= 15 is 0 Å². The molecule has 2 heterocycles. The molecule has 1 aromatic heterocycles. The van der Waals surface area contributed by atoms with Crippen molar-refractivity contribution < 1.29 is 0 Å². The van der Waals surface area contributed by atoms with Crippen LogP contribution in [0.2, 0.25) is 0 Å². The second kappa shape index (κ2) is 5.79. The summed E-state index contributed by atoms with van der Waals surface area (Å²) in [6.07, 6.45) is 7.41. The van der Waals surface area contributed by atoms with Crippen molar-refractivity contribution in [3.05, 3.63) is 36.0 Å². The van der Waals surface area contributed by atoms with E-state index in [2.05, 4.69) is 47.3 Å². The van der Waals surface area contributed by atoms with Gasteiger partial charge in [0.15, 0.2) is 0 Å². The highest BCUT2D eigenvalue weighted by Gasteiger charge is 2.15. The summed E-state index contributed by atoms with van der Waals surface area (Å²) >= 11 is 0. The van der Waals surface area contributed by atoms with Crippen molar-refractivity contribution in [1.82, 2.24) is 9.88 Å². The normalized spacial score (nSPS) is 18.2. The molecule has 2 nitrogen and oxygen atoms in total. The molecule has 0 atom stereocenters. The van der Waals surface area contributed by atoms with Crippen molar-refractivity contribution in [3.8, 4) is 0 Å². The molecule has 1 aliphatic heterocycles. The number of nitrogens with zero attached hydrogens (tertiary/aromatic N) is 1. The van der Waals surface area contributed by atoms with Gasteiger partial charge in [0.05, 0.1) is 0 Å². The minimum absolute atomic E-state index is 0.935. The van der Waals surface area contributed by atoms with Crippen LogP contribution >= 0.6 is 0 Å². The van der Waals surface area contributed by atoms with Crippen molar-refractivity contribution >= 4 is 10.9 Å². The molecule has 2 aromatic rings. The molecule has 102 valence electrons. The molecule has 19 heavy (non-hydrogen) atoms. The molecule has 2 heteroatoms. The molecule has 1 saturated heterocycles. The lowest BCUT2D eigenvalue weighted by Crippen LogP contribution is -2.33. The number of hydrogen-bond donors (Lipinski definition) is 1. The highest BCUT2D eigenvalue weighted by atomic mass is 15.1. The number of piperidine rings is 1. The molecule has 0 unspecified atom stereocenters. The summed E-state index contributed by atoms with van der Waals surface area (Å²) in [5, 5.41) is 1.40. The van der Waals surface area contributed by atoms with Crippen molar-refractivity contribution in [3.63, 3.8) is 0 Å². The molecule has 1 aliphatic rings. The molecule has 1 fully saturated rings. The van der Waals surface area contributed by atoms with Crippen LogP contribution in [0.25, 0.3) is 10.9 Å². The third-order valence-corrected chi connectivity index (χ3v) is 4.47. The molecular formula is C17H24N2. The molecule has 0 amide bonds. The molecule has 0 spiro atoms. The third kappa shape index (κ3) is 3.01. The van der Waals surface area contributed by atoms with Gasteiger partial charge in [-0.05, 0) is 62.9 Å². The minimum atomic E-state index is 0.935. The van der Waals surface area contributed by atoms with Gasteiger partial charge in [-0.25, -0.2) is 0 Å². The van der Waals surface area contributed by atoms with Crippen LogP contribution in [-0.4, -0.2) is 29.5 Å². The molecule has 3 rings (SSSR count). The van der Waals surface area contributed by atoms with E-state index in [1.807, 2.05) is 0 Å². The van der Waals surface area contributed by atoms with Crippen LogP contribution in [0.15, 0.2) is 30.5 Å². The Morgan fingerprint density at radius 1 is 1.21 bits per heavy atom. The monoisotopic (exact) mass is 256 g/mol. The van der Waals surface area contributed by atoms with E-state index in [4.69, 9.17) is 0 Å². The number of aromatic amines is 1. The van der Waals surface area contributed by atoms with Gasteiger partial charge in [-0.2, -0.15) is 0 Å². The lowest BCUT2D eigenvalue weighted by atomic mass is 9.99. The van der Waals surface area contributed by atoms with Crippen LogP contribution in [0.5, 0.6) is 0 Å². The number of para-hydroxylation sites is 1. The maximum atomic E-state index is 3.37. The van der Waals surface area contributed by atoms with Gasteiger partial charge in [0.25, 0.3) is 0 Å². The molecule has 0 saturated carbocycles. The molecule has 1 N–H and O–H groups in total. The van der Waals surface area contributed by atoms with Gasteiger partial charge in [0.2, 0.25) is 0 Å². The van der Waals surface area contributed by atoms with Gasteiger partial charge in [0.1, 0.15) is 0 Å². The first-order valence-electron chi connectivity index (χ1n) is 7.60. The zero-order chi connectivity index (χ0) is 13.1. The number of fused-ring (bicyclic) bond motifs is 1. The summed E-state index contributed by atoms with van der Waals surface area (Å²) in [6, 6.07) is 8.61. The number of likely N-dealkylation sites (tertiary alicyclic amines) is 1. The van der Waals surface area contributed by atoms with E-state index in [0.29, 0.717) is 0 Å². The first-order valence-corrected chi connectivity index (χ1v) is 7.60. The molecule has 0 bridgehead atoms. The summed E-state index contributed by atoms with van der Waals surface area (Å²) in [5.74, 6) is 0.935. The first-order chi connectivity index (χ1) is 9.33. The van der Waals surface area contributed by atoms with Crippen LogP contribution in [0, 0.1) is 5.92 Å². The smallest absolute Gasteiger partial charge is 0.0456 e. The molecular weight excluding hydrogens is 232 g/mol. The van der Waals surface area contributed by atoms with Crippen LogP contribution in [0.3, 0.4) is 0 Å². The lowest BCUT2D eigenvalue weighted by Gasteiger charge is -2.30. The van der Waals surface area contributed by atoms with Gasteiger partial charge in [-0.3, -0.25) is 0 Å². The number of nitrogens with one attached hydrogen (secondary N) is 1. The fourth-order valence-electron chi connectivity index (χ4n) is 3.12. The second-order valence-corrected chi connectivity index (χ2v) is 5.99. The van der Waals surface area contributed by atoms with Crippen molar-refractivity contribution in [2.24, 2.45) is 5.92 Å². The first kappa shape index (κ1) is 12.7. The van der Waals surface area contributed by atoms with Crippen molar-refractivity contribution in [2.45, 2.75) is 32.6 Å². The predicted molar refractivity (Wildman–Crippen MR) is 81.5 cm³/mol. The van der Waals surface area contributed by atoms with E-state index in [9.17, 15) is 0 Å². The quantitative estimate of drug-likeness (QED) is 0.880. The number of hydrogen-bond acceptors (Lipinski definition) is 1. The number of aryl methyl sites for hydroxylation is 1. The summed E-state index contributed by atoms with van der Waals surface area (Å²) in [7, 11) is 0. The second-order valence-electron chi connectivity index (χ2n) is 5.99. The van der Waals surface area contributed by atoms with Gasteiger partial charge in [-0.1, -0.05) is 25.1 Å². The third-order valence-electron chi connectivity index (χ3n) is 4.47. The van der Waals surface area contributed by atoms with Gasteiger partial charge in [0, 0.05) is 17.1 Å². The van der Waals surface area contributed by atoms with Crippen LogP contribution < -0.4 is 0 Å². The van der Waals surface area contributed by atoms with E-state index in [-0.39, 0.29) is 0 Å². The number of H-pyrrole nitrogens is 1. The van der Waals surface area contributed by atoms with E-state index in [0.717, 1.165) is 5.92 Å². The Labute approximate surface area is 115 Å². The zero-order valence-electron chi connectivity index (χ0n) is 11.9. The van der Waals surface area contributed by atoms with Crippen molar-refractivity contribution in [1.29, 1.82) is 0 Å². The summed E-state index contributed by atoms with van der Waals surface area (Å²) in [4.78, 5) is 6.00. The maximum Gasteiger partial charge on any atom is 0.0456 e. The minimum Gasteiger partial charge on any atom is -0.361 e. The fraction of sp³-hybridized carbons (Fsp3) is 0.529. The lowest BCUT2D eigenvalue weighted by molar-refractivity contribution is 0.191. The van der Waals surface area contributed by atoms with E-state index in [1.165, 1.54) is 61.8 Å². The van der Waals surface area contributed by atoms with Crippen LogP contribution in [-0.2, 0) is 6.42 Å².